The molecule has 0 aromatic heterocycles. The highest BCUT2D eigenvalue weighted by Crippen LogP contribution is 2.21. The molecular weight excluding hydrogens is 511 g/mol. The van der Waals surface area contributed by atoms with E-state index in [2.05, 4.69) is 33.4 Å². The van der Waals surface area contributed by atoms with Gasteiger partial charge in [0.2, 0.25) is 0 Å². The lowest BCUT2D eigenvalue weighted by atomic mass is 10.2. The van der Waals surface area contributed by atoms with Crippen LogP contribution >= 0.6 is 22.6 Å². The van der Waals surface area contributed by atoms with Gasteiger partial charge in [0.25, 0.3) is 11.8 Å². The summed E-state index contributed by atoms with van der Waals surface area (Å²) in [5.74, 6) is 0.876. The summed E-state index contributed by atoms with van der Waals surface area (Å²) in [5, 5.41) is 0. The molecule has 0 spiro atoms. The predicted octanol–water partition coefficient (Wildman–Crippen LogP) is 3.83. The highest BCUT2D eigenvalue weighted by molar-refractivity contribution is 14.1. The summed E-state index contributed by atoms with van der Waals surface area (Å²) in [7, 11) is 1.56. The number of benzene rings is 3. The first kappa shape index (κ1) is 22.4. The van der Waals surface area contributed by atoms with Gasteiger partial charge in [-0.3, -0.25) is 20.4 Å². The van der Waals surface area contributed by atoms with Crippen LogP contribution in [0.15, 0.2) is 72.8 Å². The van der Waals surface area contributed by atoms with Gasteiger partial charge in [-0.25, -0.2) is 0 Å². The van der Waals surface area contributed by atoms with Gasteiger partial charge < -0.3 is 14.2 Å². The maximum absolute atomic E-state index is 12.6. The van der Waals surface area contributed by atoms with E-state index in [0.717, 1.165) is 9.32 Å². The number of nitrogens with one attached hydrogen (secondary N) is 2. The Labute approximate surface area is 193 Å². The summed E-state index contributed by atoms with van der Waals surface area (Å²) in [4.78, 5) is 24.9. The molecule has 0 atom stereocenters. The van der Waals surface area contributed by atoms with Gasteiger partial charge in [-0.05, 0) is 65.1 Å². The van der Waals surface area contributed by atoms with Crippen LogP contribution < -0.4 is 25.1 Å². The van der Waals surface area contributed by atoms with Crippen molar-refractivity contribution in [2.45, 2.75) is 0 Å². The molecule has 7 nitrogen and oxygen atoms in total. The Hall–Kier alpha value is -3.27. The van der Waals surface area contributed by atoms with Crippen molar-refractivity contribution in [3.05, 3.63) is 87.5 Å². The molecule has 3 rings (SSSR count). The van der Waals surface area contributed by atoms with Gasteiger partial charge in [-0.2, -0.15) is 0 Å². The molecule has 2 N–H and O–H groups in total. The second kappa shape index (κ2) is 11.2. The Morgan fingerprint density at radius 3 is 2.23 bits per heavy atom. The largest absolute Gasteiger partial charge is 0.496 e. The highest BCUT2D eigenvalue weighted by Gasteiger charge is 2.14. The minimum Gasteiger partial charge on any atom is -0.496 e. The van der Waals surface area contributed by atoms with Crippen LogP contribution in [0.1, 0.15) is 20.7 Å². The average Bonchev–Trinajstić information content (AvgIpc) is 2.81. The number of hydrogen-bond acceptors (Lipinski definition) is 5. The number of carbonyl (C=O) groups excluding carboxylic acids is 2. The first-order chi connectivity index (χ1) is 15.1. The molecule has 8 heteroatoms. The van der Waals surface area contributed by atoms with Gasteiger partial charge in [0.15, 0.2) is 0 Å². The predicted molar refractivity (Wildman–Crippen MR) is 125 cm³/mol. The minimum absolute atomic E-state index is 0.260. The topological polar surface area (TPSA) is 85.9 Å². The molecule has 0 radical (unpaired) electrons. The molecule has 0 unspecified atom stereocenters. The summed E-state index contributed by atoms with van der Waals surface area (Å²) in [6, 6.07) is 21.2. The molecule has 31 heavy (non-hydrogen) atoms. The normalized spacial score (nSPS) is 10.1. The Morgan fingerprint density at radius 1 is 0.806 bits per heavy atom. The van der Waals surface area contributed by atoms with Crippen LogP contribution in [-0.4, -0.2) is 32.1 Å². The number of methoxy groups -OCH3 is 1. The fourth-order valence-corrected chi connectivity index (χ4v) is 3.40. The van der Waals surface area contributed by atoms with E-state index in [-0.39, 0.29) is 6.61 Å². The lowest BCUT2D eigenvalue weighted by Crippen LogP contribution is -2.41. The zero-order valence-electron chi connectivity index (χ0n) is 16.8. The SMILES string of the molecule is COc1ccc(C(=O)NNC(=O)c2ccccc2OCCOc2ccccc2)cc1I. The summed E-state index contributed by atoms with van der Waals surface area (Å²) in [5.41, 5.74) is 5.53. The molecule has 3 aromatic rings. The third-order valence-corrected chi connectivity index (χ3v) is 5.03. The summed E-state index contributed by atoms with van der Waals surface area (Å²) < 4.78 is 17.3. The molecule has 3 aromatic carbocycles. The van der Waals surface area contributed by atoms with Crippen molar-refractivity contribution in [1.29, 1.82) is 0 Å². The number of amides is 2. The van der Waals surface area contributed by atoms with E-state index >= 15 is 0 Å². The van der Waals surface area contributed by atoms with E-state index in [1.54, 1.807) is 49.6 Å². The Bertz CT molecular complexity index is 1040. The number of para-hydroxylation sites is 2. The monoisotopic (exact) mass is 532 g/mol. The van der Waals surface area contributed by atoms with Gasteiger partial charge in [-0.1, -0.05) is 30.3 Å². The maximum Gasteiger partial charge on any atom is 0.273 e. The summed E-state index contributed by atoms with van der Waals surface area (Å²) >= 11 is 2.08. The van der Waals surface area contributed by atoms with Crippen molar-refractivity contribution in [3.8, 4) is 17.2 Å². The molecule has 0 aliphatic heterocycles. The zero-order chi connectivity index (χ0) is 22.1. The van der Waals surface area contributed by atoms with Crippen molar-refractivity contribution in [3.63, 3.8) is 0 Å². The highest BCUT2D eigenvalue weighted by atomic mass is 127. The summed E-state index contributed by atoms with van der Waals surface area (Å²) in [6.07, 6.45) is 0. The first-order valence-electron chi connectivity index (χ1n) is 9.42. The van der Waals surface area contributed by atoms with E-state index in [4.69, 9.17) is 14.2 Å². The lowest BCUT2D eigenvalue weighted by Gasteiger charge is -2.13. The number of hydrazine groups is 1. The van der Waals surface area contributed by atoms with Gasteiger partial charge in [0, 0.05) is 5.56 Å². The van der Waals surface area contributed by atoms with Gasteiger partial charge in [0.1, 0.15) is 30.5 Å². The number of rotatable bonds is 8. The van der Waals surface area contributed by atoms with Crippen molar-refractivity contribution in [2.24, 2.45) is 0 Å². The molecule has 0 fully saturated rings. The van der Waals surface area contributed by atoms with Gasteiger partial charge >= 0.3 is 0 Å². The third kappa shape index (κ3) is 6.35. The van der Waals surface area contributed by atoms with E-state index in [1.165, 1.54) is 0 Å². The molecule has 0 saturated carbocycles. The maximum atomic E-state index is 12.6. The first-order valence-corrected chi connectivity index (χ1v) is 10.5. The summed E-state index contributed by atoms with van der Waals surface area (Å²) in [6.45, 7) is 0.586. The average molecular weight is 532 g/mol. The number of halogens is 1. The molecule has 2 amide bonds. The van der Waals surface area contributed by atoms with Crippen molar-refractivity contribution in [2.75, 3.05) is 20.3 Å². The second-order valence-electron chi connectivity index (χ2n) is 6.26. The molecule has 160 valence electrons. The standard InChI is InChI=1S/C23H21IN2O5/c1-29-21-12-11-16(15-19(21)24)22(27)25-26-23(28)18-9-5-6-10-20(18)31-14-13-30-17-7-3-2-4-8-17/h2-12,15H,13-14H2,1H3,(H,25,27)(H,26,28). The minimum atomic E-state index is -0.490. The number of ether oxygens (including phenoxy) is 3. The van der Waals surface area contributed by atoms with Crippen LogP contribution in [0.4, 0.5) is 0 Å². The van der Waals surface area contributed by atoms with Crippen molar-refractivity contribution in [1.82, 2.24) is 10.9 Å². The van der Waals surface area contributed by atoms with Crippen LogP contribution in [0, 0.1) is 3.57 Å². The number of hydrogen-bond donors (Lipinski definition) is 2. The number of carbonyl (C=O) groups is 2. The van der Waals surface area contributed by atoms with E-state index < -0.39 is 11.8 Å². The molecule has 0 bridgehead atoms. The van der Waals surface area contributed by atoms with Gasteiger partial charge in [0.05, 0.1) is 16.2 Å². The molecule has 0 aliphatic rings. The fourth-order valence-electron chi connectivity index (χ4n) is 2.67. The second-order valence-corrected chi connectivity index (χ2v) is 7.43. The molecule has 0 saturated heterocycles. The Kier molecular flexibility index (Phi) is 8.11. The fraction of sp³-hybridized carbons (Fsp3) is 0.130. The van der Waals surface area contributed by atoms with Crippen LogP contribution in [0.3, 0.4) is 0 Å². The van der Waals surface area contributed by atoms with Crippen LogP contribution in [-0.2, 0) is 0 Å². The van der Waals surface area contributed by atoms with E-state index in [0.29, 0.717) is 29.2 Å². The van der Waals surface area contributed by atoms with E-state index in [9.17, 15) is 9.59 Å². The molecule has 0 heterocycles. The van der Waals surface area contributed by atoms with Crippen LogP contribution in [0.2, 0.25) is 0 Å². The van der Waals surface area contributed by atoms with Crippen LogP contribution in [0.5, 0.6) is 17.2 Å². The smallest absolute Gasteiger partial charge is 0.273 e. The third-order valence-electron chi connectivity index (χ3n) is 4.19. The quantitative estimate of drug-likeness (QED) is 0.262. The zero-order valence-corrected chi connectivity index (χ0v) is 18.9. The van der Waals surface area contributed by atoms with Crippen molar-refractivity contribution >= 4 is 34.4 Å². The Morgan fingerprint density at radius 2 is 1.48 bits per heavy atom. The Balaban J connectivity index is 1.54. The van der Waals surface area contributed by atoms with Crippen LogP contribution in [0.25, 0.3) is 0 Å². The van der Waals surface area contributed by atoms with E-state index in [1.807, 2.05) is 30.3 Å². The molecular formula is C23H21IN2O5. The van der Waals surface area contributed by atoms with Crippen molar-refractivity contribution < 1.29 is 23.8 Å². The lowest BCUT2D eigenvalue weighted by molar-refractivity contribution is 0.0843. The molecule has 0 aliphatic carbocycles. The van der Waals surface area contributed by atoms with Gasteiger partial charge in [-0.15, -0.1) is 0 Å².